The van der Waals surface area contributed by atoms with Gasteiger partial charge in [0.25, 0.3) is 5.91 Å². The molecule has 1 aliphatic rings. The van der Waals surface area contributed by atoms with E-state index in [-0.39, 0.29) is 5.57 Å². The van der Waals surface area contributed by atoms with Crippen molar-refractivity contribution < 1.29 is 24.0 Å². The summed E-state index contributed by atoms with van der Waals surface area (Å²) in [6.07, 6.45) is 6.19. The summed E-state index contributed by atoms with van der Waals surface area (Å²) in [5, 5.41) is 13.3. The molecule has 0 spiro atoms. The van der Waals surface area contributed by atoms with E-state index < -0.39 is 23.5 Å². The number of ketones is 1. The third-order valence-electron chi connectivity index (χ3n) is 5.49. The quantitative estimate of drug-likeness (QED) is 0.256. The molecular weight excluding hydrogens is 406 g/mol. The highest BCUT2D eigenvalue weighted by Gasteiger charge is 2.43. The summed E-state index contributed by atoms with van der Waals surface area (Å²) in [4.78, 5) is 30.5. The first-order valence-electron chi connectivity index (χ1n) is 10.7. The number of amides is 1. The van der Waals surface area contributed by atoms with Crippen molar-refractivity contribution in [3.63, 3.8) is 0 Å². The predicted molar refractivity (Wildman–Crippen MR) is 116 cm³/mol. The number of nitrogens with one attached hydrogen (secondary N) is 1. The van der Waals surface area contributed by atoms with Crippen molar-refractivity contribution in [1.82, 2.24) is 9.88 Å². The Hall–Kier alpha value is -3.87. The Morgan fingerprint density at radius 3 is 2.53 bits per heavy atom. The smallest absolute Gasteiger partial charge is 0.295 e. The number of rotatable bonds is 8. The Balaban J connectivity index is 1.70. The third kappa shape index (κ3) is 4.27. The Kier molecular flexibility index (Phi) is 6.35. The third-order valence-corrected chi connectivity index (χ3v) is 5.49. The molecule has 1 unspecified atom stereocenters. The number of nitrogens with zero attached hydrogens (tertiary/aromatic N) is 2. The number of carbonyl (C=O) groups excluding carboxylic acids is 2. The lowest BCUT2D eigenvalue weighted by Gasteiger charge is -2.27. The first kappa shape index (κ1) is 21.4. The highest BCUT2D eigenvalue weighted by molar-refractivity contribution is 6.46. The molecular formula is C25H25N3O4. The molecule has 0 aliphatic carbocycles. The first-order valence-corrected chi connectivity index (χ1v) is 10.7. The fourth-order valence-electron chi connectivity index (χ4n) is 3.99. The van der Waals surface area contributed by atoms with Gasteiger partial charge in [0.05, 0.1) is 19.2 Å². The second kappa shape index (κ2) is 9.51. The van der Waals surface area contributed by atoms with Crippen LogP contribution in [-0.2, 0) is 16.1 Å². The average molecular weight is 431 g/mol. The van der Waals surface area contributed by atoms with Crippen LogP contribution in [0.25, 0.3) is 5.76 Å². The molecule has 1 aromatic heterocycles. The molecule has 2 aromatic carbocycles. The minimum Gasteiger partial charge on any atom is -0.872 e. The zero-order valence-corrected chi connectivity index (χ0v) is 17.9. The van der Waals surface area contributed by atoms with E-state index in [1.807, 2.05) is 42.3 Å². The summed E-state index contributed by atoms with van der Waals surface area (Å²) in [6, 6.07) is 15.1. The van der Waals surface area contributed by atoms with Crippen molar-refractivity contribution in [3.8, 4) is 5.75 Å². The van der Waals surface area contributed by atoms with Crippen LogP contribution in [0.15, 0.2) is 78.9 Å². The Bertz CT molecular complexity index is 1110. The van der Waals surface area contributed by atoms with Gasteiger partial charge in [-0.25, -0.2) is 4.57 Å². The van der Waals surface area contributed by atoms with Crippen LogP contribution in [0.4, 0.5) is 0 Å². The van der Waals surface area contributed by atoms with Gasteiger partial charge in [-0.2, -0.15) is 0 Å². The number of aromatic amines is 1. The maximum atomic E-state index is 13.3. The number of benzene rings is 2. The van der Waals surface area contributed by atoms with Crippen molar-refractivity contribution in [1.29, 1.82) is 0 Å². The molecule has 0 radical (unpaired) electrons. The van der Waals surface area contributed by atoms with Crippen molar-refractivity contribution in [3.05, 3.63) is 90.0 Å². The van der Waals surface area contributed by atoms with Crippen molar-refractivity contribution in [2.24, 2.45) is 0 Å². The number of imidazole rings is 1. The highest BCUT2D eigenvalue weighted by Crippen LogP contribution is 2.39. The van der Waals surface area contributed by atoms with Crippen LogP contribution in [0, 0.1) is 0 Å². The zero-order valence-electron chi connectivity index (χ0n) is 17.9. The molecule has 1 aliphatic heterocycles. The second-order valence-electron chi connectivity index (χ2n) is 7.54. The van der Waals surface area contributed by atoms with Gasteiger partial charge in [-0.05, 0) is 30.2 Å². The van der Waals surface area contributed by atoms with Gasteiger partial charge in [-0.1, -0.05) is 48.2 Å². The lowest BCUT2D eigenvalue weighted by molar-refractivity contribution is -0.695. The van der Waals surface area contributed by atoms with Crippen LogP contribution >= 0.6 is 0 Å². The summed E-state index contributed by atoms with van der Waals surface area (Å²) in [7, 11) is 0. The molecule has 1 atom stereocenters. The van der Waals surface area contributed by atoms with E-state index in [2.05, 4.69) is 4.98 Å². The van der Waals surface area contributed by atoms with Crippen LogP contribution in [0.2, 0.25) is 0 Å². The van der Waals surface area contributed by atoms with Crippen LogP contribution < -0.4 is 14.4 Å². The lowest BCUT2D eigenvalue weighted by atomic mass is 9.95. The molecule has 0 bridgehead atoms. The summed E-state index contributed by atoms with van der Waals surface area (Å²) in [5.74, 6) is -1.09. The molecule has 4 rings (SSSR count). The number of Topliss-reactive ketones (excluding diaryl/α,β-unsaturated/α-hetero) is 1. The van der Waals surface area contributed by atoms with E-state index in [9.17, 15) is 14.7 Å². The minimum absolute atomic E-state index is 0.000317. The van der Waals surface area contributed by atoms with Gasteiger partial charge in [-0.15, -0.1) is 0 Å². The Morgan fingerprint density at radius 1 is 1.12 bits per heavy atom. The number of ether oxygens (including phenoxy) is 1. The van der Waals surface area contributed by atoms with Crippen molar-refractivity contribution in [2.45, 2.75) is 25.9 Å². The van der Waals surface area contributed by atoms with E-state index in [1.165, 1.54) is 4.90 Å². The van der Waals surface area contributed by atoms with Gasteiger partial charge in [0, 0.05) is 18.5 Å². The van der Waals surface area contributed by atoms with Gasteiger partial charge in [-0.3, -0.25) is 14.6 Å². The van der Waals surface area contributed by atoms with Gasteiger partial charge in [0.1, 0.15) is 18.1 Å². The van der Waals surface area contributed by atoms with E-state index in [4.69, 9.17) is 4.74 Å². The summed E-state index contributed by atoms with van der Waals surface area (Å²) in [6.45, 7) is 3.47. The molecule has 164 valence electrons. The zero-order chi connectivity index (χ0) is 22.5. The van der Waals surface area contributed by atoms with Crippen LogP contribution in [0.1, 0.15) is 30.5 Å². The summed E-state index contributed by atoms with van der Waals surface area (Å²) < 4.78 is 7.48. The number of hydrogen-bond donors (Lipinski definition) is 1. The standard InChI is InChI=1S/C25H25N3O4/c1-2-32-20-11-9-18(10-12-20)22-21(23(29)19-7-4-3-5-8-19)24(30)25(31)28(22)15-6-14-27-16-13-26-17-27/h3-5,7-13,16-17,22H,2,6,14-15H2,1H3,(H,29,30). The fraction of sp³-hybridized carbons (Fsp3) is 0.240. The Labute approximate surface area is 186 Å². The number of likely N-dealkylation sites (tertiary alicyclic amines) is 1. The van der Waals surface area contributed by atoms with Gasteiger partial charge in [0.2, 0.25) is 12.1 Å². The molecule has 7 heteroatoms. The molecule has 1 fully saturated rings. The molecule has 32 heavy (non-hydrogen) atoms. The summed E-state index contributed by atoms with van der Waals surface area (Å²) in [5.41, 5.74) is 1.10. The largest absolute Gasteiger partial charge is 0.872 e. The number of H-pyrrole nitrogens is 1. The van der Waals surface area contributed by atoms with E-state index in [1.54, 1.807) is 42.5 Å². The fourth-order valence-corrected chi connectivity index (χ4v) is 3.99. The van der Waals surface area contributed by atoms with Crippen LogP contribution in [0.5, 0.6) is 5.75 Å². The lowest BCUT2D eigenvalue weighted by Crippen LogP contribution is -2.36. The number of hydrogen-bond acceptors (Lipinski definition) is 4. The van der Waals surface area contributed by atoms with E-state index >= 15 is 0 Å². The van der Waals surface area contributed by atoms with Crippen molar-refractivity contribution in [2.75, 3.05) is 13.2 Å². The maximum Gasteiger partial charge on any atom is 0.295 e. The van der Waals surface area contributed by atoms with E-state index in [0.717, 1.165) is 0 Å². The molecule has 1 saturated heterocycles. The average Bonchev–Trinajstić information content (AvgIpc) is 3.42. The molecule has 2 heterocycles. The molecule has 1 amide bonds. The molecule has 7 nitrogen and oxygen atoms in total. The van der Waals surface area contributed by atoms with E-state index in [0.29, 0.717) is 43.0 Å². The van der Waals surface area contributed by atoms with Crippen LogP contribution in [0.3, 0.4) is 0 Å². The van der Waals surface area contributed by atoms with Gasteiger partial charge in [0.15, 0.2) is 0 Å². The number of aryl methyl sites for hydroxylation is 1. The van der Waals surface area contributed by atoms with Crippen LogP contribution in [-0.4, -0.2) is 34.7 Å². The summed E-state index contributed by atoms with van der Waals surface area (Å²) >= 11 is 0. The number of carbonyl (C=O) groups is 2. The predicted octanol–water partition coefficient (Wildman–Crippen LogP) is 2.02. The van der Waals surface area contributed by atoms with Gasteiger partial charge >= 0.3 is 0 Å². The number of aromatic nitrogens is 2. The monoisotopic (exact) mass is 431 g/mol. The highest BCUT2D eigenvalue weighted by atomic mass is 16.5. The van der Waals surface area contributed by atoms with Crippen molar-refractivity contribution >= 4 is 17.4 Å². The molecule has 0 saturated carbocycles. The molecule has 1 N–H and O–H groups in total. The Morgan fingerprint density at radius 2 is 1.88 bits per heavy atom. The second-order valence-corrected chi connectivity index (χ2v) is 7.54. The maximum absolute atomic E-state index is 13.3. The first-order chi connectivity index (χ1) is 15.6. The molecule has 3 aromatic rings. The normalized spacial score (nSPS) is 17.7. The van der Waals surface area contributed by atoms with Gasteiger partial charge < -0.3 is 14.7 Å². The SMILES string of the molecule is CCOc1ccc(C2C(=C([O-])c3ccccc3)C(=O)C(=O)N2CCC[n+]2cc[nH]c2)cc1. The topological polar surface area (TPSA) is 89.3 Å². The minimum atomic E-state index is -0.730.